The first kappa shape index (κ1) is 11.7. The first-order valence-electron chi connectivity index (χ1n) is 5.16. The molecule has 0 unspecified atom stereocenters. The van der Waals surface area contributed by atoms with Crippen molar-refractivity contribution in [3.8, 4) is 16.9 Å². The maximum atomic E-state index is 11.3. The second-order valence-corrected chi connectivity index (χ2v) is 6.00. The fourth-order valence-electron chi connectivity index (χ4n) is 1.81. The molecule has 2 aromatic carbocycles. The average Bonchev–Trinajstić information content (AvgIpc) is 2.69. The van der Waals surface area contributed by atoms with E-state index < -0.39 is 0 Å². The van der Waals surface area contributed by atoms with Crippen LogP contribution in [0, 0.1) is 3.57 Å². The van der Waals surface area contributed by atoms with E-state index in [1.807, 2.05) is 24.3 Å². The zero-order valence-corrected chi connectivity index (χ0v) is 12.0. The maximum absolute atomic E-state index is 11.3. The molecule has 0 atom stereocenters. The van der Waals surface area contributed by atoms with Crippen molar-refractivity contribution in [1.29, 1.82) is 0 Å². The predicted octanol–water partition coefficient (Wildman–Crippen LogP) is 3.83. The molecule has 3 aromatic rings. The summed E-state index contributed by atoms with van der Waals surface area (Å²) in [5.74, 6) is 0.133. The highest BCUT2D eigenvalue weighted by atomic mass is 127. The molecule has 0 amide bonds. The van der Waals surface area contributed by atoms with E-state index in [1.165, 1.54) is 0 Å². The van der Waals surface area contributed by atoms with Crippen LogP contribution in [0.15, 0.2) is 45.6 Å². The Balaban J connectivity index is 2.33. The monoisotopic (exact) mass is 370 g/mol. The molecule has 5 heteroatoms. The number of hydrogen-bond acceptors (Lipinski definition) is 4. The largest absolute Gasteiger partial charge is 0.508 e. The van der Waals surface area contributed by atoms with E-state index in [9.17, 15) is 9.90 Å². The van der Waals surface area contributed by atoms with Gasteiger partial charge >= 0.3 is 4.94 Å². The molecule has 1 aromatic heterocycles. The summed E-state index contributed by atoms with van der Waals surface area (Å²) in [4.78, 5) is 10.9. The van der Waals surface area contributed by atoms with Gasteiger partial charge in [0.2, 0.25) is 0 Å². The predicted molar refractivity (Wildman–Crippen MR) is 80.2 cm³/mol. The van der Waals surface area contributed by atoms with E-state index in [0.717, 1.165) is 26.0 Å². The Kier molecular flexibility index (Phi) is 2.87. The fourth-order valence-corrected chi connectivity index (χ4v) is 2.89. The molecule has 1 N–H and O–H groups in total. The topological polar surface area (TPSA) is 50.4 Å². The van der Waals surface area contributed by atoms with E-state index in [0.29, 0.717) is 10.3 Å². The number of rotatable bonds is 1. The zero-order chi connectivity index (χ0) is 12.7. The molecule has 3 nitrogen and oxygen atoms in total. The molecular formula is C13H7IO3S. The number of aromatic hydroxyl groups is 1. The third kappa shape index (κ3) is 2.04. The van der Waals surface area contributed by atoms with Gasteiger partial charge in [-0.1, -0.05) is 23.5 Å². The van der Waals surface area contributed by atoms with Gasteiger partial charge in [-0.3, -0.25) is 0 Å². The lowest BCUT2D eigenvalue weighted by Crippen LogP contribution is -1.82. The molecule has 1 heterocycles. The Hall–Kier alpha value is -1.34. The minimum atomic E-state index is -0.359. The summed E-state index contributed by atoms with van der Waals surface area (Å²) in [6.45, 7) is 0. The van der Waals surface area contributed by atoms with Crippen molar-refractivity contribution in [2.75, 3.05) is 0 Å². The summed E-state index contributed by atoms with van der Waals surface area (Å²) in [6, 6.07) is 11.0. The van der Waals surface area contributed by atoms with Crippen molar-refractivity contribution in [3.63, 3.8) is 0 Å². The molecule has 90 valence electrons. The third-order valence-corrected chi connectivity index (χ3v) is 4.07. The highest BCUT2D eigenvalue weighted by Gasteiger charge is 2.11. The van der Waals surface area contributed by atoms with E-state index in [2.05, 4.69) is 22.6 Å². The number of hydrogen-bond donors (Lipinski definition) is 1. The highest BCUT2D eigenvalue weighted by Crippen LogP contribution is 2.34. The van der Waals surface area contributed by atoms with E-state index in [1.54, 1.807) is 12.1 Å². The van der Waals surface area contributed by atoms with Gasteiger partial charge in [0.15, 0.2) is 5.58 Å². The van der Waals surface area contributed by atoms with Crippen LogP contribution < -0.4 is 4.94 Å². The minimum Gasteiger partial charge on any atom is -0.508 e. The van der Waals surface area contributed by atoms with Crippen LogP contribution in [0.25, 0.3) is 21.4 Å². The molecule has 0 aliphatic heterocycles. The van der Waals surface area contributed by atoms with Crippen molar-refractivity contribution < 1.29 is 9.52 Å². The van der Waals surface area contributed by atoms with Crippen molar-refractivity contribution in [3.05, 3.63) is 49.7 Å². The lowest BCUT2D eigenvalue weighted by Gasteiger charge is -2.03. The van der Waals surface area contributed by atoms with E-state index >= 15 is 0 Å². The van der Waals surface area contributed by atoms with Crippen molar-refractivity contribution in [2.24, 2.45) is 0 Å². The Labute approximate surface area is 120 Å². The van der Waals surface area contributed by atoms with Crippen LogP contribution in [0.2, 0.25) is 0 Å². The second kappa shape index (κ2) is 4.40. The van der Waals surface area contributed by atoms with Gasteiger partial charge in [-0.2, -0.15) is 0 Å². The molecule has 0 saturated heterocycles. The number of benzene rings is 2. The molecule has 0 aliphatic rings. The van der Waals surface area contributed by atoms with Gasteiger partial charge in [-0.25, -0.2) is 4.79 Å². The second-order valence-electron chi connectivity index (χ2n) is 3.78. The van der Waals surface area contributed by atoms with Gasteiger partial charge in [-0.05, 0) is 46.4 Å². The Morgan fingerprint density at radius 1 is 1.17 bits per heavy atom. The number of phenols is 1. The standard InChI is InChI=1S/C13H7IO3S/c14-8-3-1-7(2-4-8)10-5-9(15)6-11-12(10)17-13(16)18-11/h1-6,15H. The average molecular weight is 370 g/mol. The molecule has 0 radical (unpaired) electrons. The van der Waals surface area contributed by atoms with Gasteiger partial charge in [0, 0.05) is 15.2 Å². The quantitative estimate of drug-likeness (QED) is 0.663. The Morgan fingerprint density at radius 2 is 1.89 bits per heavy atom. The van der Waals surface area contributed by atoms with Gasteiger partial charge in [0.25, 0.3) is 0 Å². The van der Waals surface area contributed by atoms with Gasteiger partial charge in [-0.15, -0.1) is 0 Å². The van der Waals surface area contributed by atoms with Gasteiger partial charge in [0.05, 0.1) is 4.70 Å². The van der Waals surface area contributed by atoms with Crippen LogP contribution in [0.1, 0.15) is 0 Å². The van der Waals surface area contributed by atoms with Crippen molar-refractivity contribution >= 4 is 44.2 Å². The van der Waals surface area contributed by atoms with E-state index in [4.69, 9.17) is 4.42 Å². The molecule has 0 spiro atoms. The number of fused-ring (bicyclic) bond motifs is 1. The molecule has 3 rings (SSSR count). The summed E-state index contributed by atoms with van der Waals surface area (Å²) >= 11 is 3.22. The summed E-state index contributed by atoms with van der Waals surface area (Å²) in [7, 11) is 0. The summed E-state index contributed by atoms with van der Waals surface area (Å²) in [5, 5.41) is 9.70. The molecule has 0 saturated carbocycles. The van der Waals surface area contributed by atoms with E-state index in [-0.39, 0.29) is 10.7 Å². The van der Waals surface area contributed by atoms with Crippen molar-refractivity contribution in [2.45, 2.75) is 0 Å². The molecule has 18 heavy (non-hydrogen) atoms. The third-order valence-electron chi connectivity index (χ3n) is 2.57. The number of halogens is 1. The van der Waals surface area contributed by atoms with Crippen LogP contribution in [-0.2, 0) is 0 Å². The van der Waals surface area contributed by atoms with Crippen LogP contribution in [-0.4, -0.2) is 5.11 Å². The molecule has 0 aliphatic carbocycles. The first-order valence-corrected chi connectivity index (χ1v) is 7.05. The normalized spacial score (nSPS) is 10.9. The summed E-state index contributed by atoms with van der Waals surface area (Å²) in [6.07, 6.45) is 0. The number of phenolic OH excluding ortho intramolecular Hbond substituents is 1. The maximum Gasteiger partial charge on any atom is 0.396 e. The SMILES string of the molecule is O=c1oc2c(-c3ccc(I)cc3)cc(O)cc2s1. The highest BCUT2D eigenvalue weighted by molar-refractivity contribution is 14.1. The smallest absolute Gasteiger partial charge is 0.396 e. The van der Waals surface area contributed by atoms with Crippen LogP contribution >= 0.6 is 33.9 Å². The van der Waals surface area contributed by atoms with Gasteiger partial charge in [0.1, 0.15) is 5.75 Å². The molecule has 0 bridgehead atoms. The zero-order valence-electron chi connectivity index (χ0n) is 9.01. The van der Waals surface area contributed by atoms with Gasteiger partial charge < -0.3 is 9.52 Å². The Morgan fingerprint density at radius 3 is 2.61 bits per heavy atom. The lowest BCUT2D eigenvalue weighted by atomic mass is 10.1. The minimum absolute atomic E-state index is 0.133. The summed E-state index contributed by atoms with van der Waals surface area (Å²) in [5.41, 5.74) is 2.18. The van der Waals surface area contributed by atoms with Crippen LogP contribution in [0.4, 0.5) is 0 Å². The lowest BCUT2D eigenvalue weighted by molar-refractivity contribution is 0.476. The fraction of sp³-hybridized carbons (Fsp3) is 0. The first-order chi connectivity index (χ1) is 8.63. The molecular weight excluding hydrogens is 363 g/mol. The molecule has 0 fully saturated rings. The Bertz CT molecular complexity index is 771. The van der Waals surface area contributed by atoms with Crippen molar-refractivity contribution in [1.82, 2.24) is 0 Å². The van der Waals surface area contributed by atoms with Crippen LogP contribution in [0.3, 0.4) is 0 Å². The van der Waals surface area contributed by atoms with Crippen LogP contribution in [0.5, 0.6) is 5.75 Å². The summed E-state index contributed by atoms with van der Waals surface area (Å²) < 4.78 is 6.97.